The van der Waals surface area contributed by atoms with Gasteiger partial charge in [0.2, 0.25) is 5.91 Å². The standard InChI is InChI=1S/C21H22N2O4/c1-16-3-7-18(8-4-16)26-14-12-23-21(24)10-6-17-5-9-19(27-13-11-22)20(15-17)25-2/h3-10,15H,12-14H2,1-2H3,(H,23,24)/b10-6+. The molecule has 2 aromatic carbocycles. The minimum atomic E-state index is -0.216. The highest BCUT2D eigenvalue weighted by molar-refractivity contribution is 5.91. The number of methoxy groups -OCH3 is 1. The summed E-state index contributed by atoms with van der Waals surface area (Å²) in [5.41, 5.74) is 1.95. The predicted molar refractivity (Wildman–Crippen MR) is 103 cm³/mol. The summed E-state index contributed by atoms with van der Waals surface area (Å²) in [7, 11) is 1.52. The second-order valence-corrected chi connectivity index (χ2v) is 5.64. The maximum absolute atomic E-state index is 11.9. The van der Waals surface area contributed by atoms with E-state index in [0.717, 1.165) is 11.3 Å². The summed E-state index contributed by atoms with van der Waals surface area (Å²) in [4.78, 5) is 11.9. The Hall–Kier alpha value is -3.46. The number of rotatable bonds is 9. The molecule has 27 heavy (non-hydrogen) atoms. The van der Waals surface area contributed by atoms with Crippen LogP contribution in [0.25, 0.3) is 6.08 Å². The zero-order valence-electron chi connectivity index (χ0n) is 15.4. The fourth-order valence-corrected chi connectivity index (χ4v) is 2.23. The molecule has 0 aliphatic rings. The molecular weight excluding hydrogens is 344 g/mol. The molecule has 0 aliphatic heterocycles. The summed E-state index contributed by atoms with van der Waals surface area (Å²) in [6.07, 6.45) is 3.11. The Balaban J connectivity index is 1.80. The fourth-order valence-electron chi connectivity index (χ4n) is 2.23. The molecule has 6 nitrogen and oxygen atoms in total. The Bertz CT molecular complexity index is 823. The van der Waals surface area contributed by atoms with Crippen molar-refractivity contribution in [2.75, 3.05) is 26.9 Å². The molecule has 0 radical (unpaired) electrons. The van der Waals surface area contributed by atoms with Gasteiger partial charge in [0.15, 0.2) is 18.1 Å². The highest BCUT2D eigenvalue weighted by Gasteiger charge is 2.05. The quantitative estimate of drug-likeness (QED) is 0.545. The summed E-state index contributed by atoms with van der Waals surface area (Å²) in [5.74, 6) is 1.54. The Labute approximate surface area is 159 Å². The van der Waals surface area contributed by atoms with Gasteiger partial charge in [0.1, 0.15) is 18.4 Å². The van der Waals surface area contributed by atoms with Gasteiger partial charge in [-0.05, 0) is 42.8 Å². The Morgan fingerprint density at radius 3 is 2.63 bits per heavy atom. The summed E-state index contributed by atoms with van der Waals surface area (Å²) in [6, 6.07) is 14.9. The van der Waals surface area contributed by atoms with E-state index >= 15 is 0 Å². The lowest BCUT2D eigenvalue weighted by atomic mass is 10.2. The van der Waals surface area contributed by atoms with Crippen molar-refractivity contribution in [3.8, 4) is 23.3 Å². The number of nitriles is 1. The van der Waals surface area contributed by atoms with Crippen LogP contribution in [0.4, 0.5) is 0 Å². The van der Waals surface area contributed by atoms with Crippen LogP contribution >= 0.6 is 0 Å². The van der Waals surface area contributed by atoms with Crippen LogP contribution in [0.15, 0.2) is 48.5 Å². The first-order valence-electron chi connectivity index (χ1n) is 8.45. The van der Waals surface area contributed by atoms with Gasteiger partial charge in [-0.1, -0.05) is 23.8 Å². The monoisotopic (exact) mass is 366 g/mol. The molecular formula is C21H22N2O4. The number of nitrogens with zero attached hydrogens (tertiary/aromatic N) is 1. The van der Waals surface area contributed by atoms with Crippen LogP contribution in [0.5, 0.6) is 17.2 Å². The Morgan fingerprint density at radius 2 is 1.93 bits per heavy atom. The van der Waals surface area contributed by atoms with Crippen LogP contribution in [-0.2, 0) is 4.79 Å². The summed E-state index contributed by atoms with van der Waals surface area (Å²) in [5, 5.41) is 11.3. The smallest absolute Gasteiger partial charge is 0.244 e. The summed E-state index contributed by atoms with van der Waals surface area (Å²) < 4.78 is 16.1. The zero-order chi connectivity index (χ0) is 19.5. The molecule has 1 N–H and O–H groups in total. The Kier molecular flexibility index (Phi) is 7.73. The lowest BCUT2D eigenvalue weighted by molar-refractivity contribution is -0.116. The second kappa shape index (κ2) is 10.5. The molecule has 0 atom stereocenters. The van der Waals surface area contributed by atoms with E-state index in [-0.39, 0.29) is 12.5 Å². The maximum atomic E-state index is 11.9. The maximum Gasteiger partial charge on any atom is 0.244 e. The van der Waals surface area contributed by atoms with E-state index in [0.29, 0.717) is 24.7 Å². The van der Waals surface area contributed by atoms with E-state index < -0.39 is 0 Å². The van der Waals surface area contributed by atoms with Gasteiger partial charge >= 0.3 is 0 Å². The van der Waals surface area contributed by atoms with Gasteiger partial charge in [-0.25, -0.2) is 0 Å². The molecule has 0 spiro atoms. The van der Waals surface area contributed by atoms with Gasteiger partial charge in [0.05, 0.1) is 13.7 Å². The molecule has 0 unspecified atom stereocenters. The average molecular weight is 366 g/mol. The van der Waals surface area contributed by atoms with Crippen LogP contribution in [0.3, 0.4) is 0 Å². The van der Waals surface area contributed by atoms with Crippen LogP contribution in [0.1, 0.15) is 11.1 Å². The van der Waals surface area contributed by atoms with Gasteiger partial charge in [-0.15, -0.1) is 0 Å². The third-order valence-electron chi connectivity index (χ3n) is 3.60. The van der Waals surface area contributed by atoms with E-state index in [1.54, 1.807) is 24.3 Å². The van der Waals surface area contributed by atoms with Crippen LogP contribution in [0, 0.1) is 18.3 Å². The van der Waals surface area contributed by atoms with E-state index in [9.17, 15) is 4.79 Å². The zero-order valence-corrected chi connectivity index (χ0v) is 15.4. The second-order valence-electron chi connectivity index (χ2n) is 5.64. The number of benzene rings is 2. The number of carbonyl (C=O) groups is 1. The molecule has 140 valence electrons. The van der Waals surface area contributed by atoms with Crippen molar-refractivity contribution in [3.63, 3.8) is 0 Å². The topological polar surface area (TPSA) is 80.6 Å². The lowest BCUT2D eigenvalue weighted by Gasteiger charge is -2.09. The van der Waals surface area contributed by atoms with Crippen molar-refractivity contribution in [3.05, 3.63) is 59.7 Å². The number of hydrogen-bond acceptors (Lipinski definition) is 5. The number of nitrogens with one attached hydrogen (secondary N) is 1. The van der Waals surface area contributed by atoms with E-state index in [2.05, 4.69) is 5.32 Å². The van der Waals surface area contributed by atoms with Gasteiger partial charge in [-0.2, -0.15) is 5.26 Å². The summed E-state index contributed by atoms with van der Waals surface area (Å²) >= 11 is 0. The first kappa shape index (κ1) is 19.9. The largest absolute Gasteiger partial charge is 0.493 e. The molecule has 0 heterocycles. The van der Waals surface area contributed by atoms with Gasteiger partial charge in [0.25, 0.3) is 0 Å². The number of ether oxygens (including phenoxy) is 3. The molecule has 2 rings (SSSR count). The highest BCUT2D eigenvalue weighted by Crippen LogP contribution is 2.28. The minimum absolute atomic E-state index is 0.0569. The van der Waals surface area contributed by atoms with Crippen LogP contribution in [0.2, 0.25) is 0 Å². The summed E-state index contributed by atoms with van der Waals surface area (Å²) in [6.45, 7) is 2.75. The van der Waals surface area contributed by atoms with Gasteiger partial charge in [0, 0.05) is 6.08 Å². The number of aryl methyl sites for hydroxylation is 1. The molecule has 0 aliphatic carbocycles. The molecule has 2 aromatic rings. The molecule has 0 fully saturated rings. The SMILES string of the molecule is COc1cc(/C=C/C(=O)NCCOc2ccc(C)cc2)ccc1OCC#N. The third kappa shape index (κ3) is 6.75. The van der Waals surface area contributed by atoms with Crippen molar-refractivity contribution in [1.29, 1.82) is 5.26 Å². The van der Waals surface area contributed by atoms with E-state index in [1.165, 1.54) is 18.7 Å². The van der Waals surface area contributed by atoms with Crippen LogP contribution in [-0.4, -0.2) is 32.8 Å². The number of amides is 1. The number of hydrogen-bond donors (Lipinski definition) is 1. The predicted octanol–water partition coefficient (Wildman–Crippen LogP) is 3.11. The molecule has 6 heteroatoms. The molecule has 0 saturated heterocycles. The van der Waals surface area contributed by atoms with E-state index in [1.807, 2.05) is 37.3 Å². The fraction of sp³-hybridized carbons (Fsp3) is 0.238. The van der Waals surface area contributed by atoms with Crippen molar-refractivity contribution in [1.82, 2.24) is 5.32 Å². The first-order valence-corrected chi connectivity index (χ1v) is 8.45. The highest BCUT2D eigenvalue weighted by atomic mass is 16.5. The molecule has 1 amide bonds. The average Bonchev–Trinajstić information content (AvgIpc) is 2.69. The molecule has 0 aromatic heterocycles. The van der Waals surface area contributed by atoms with Gasteiger partial charge in [-0.3, -0.25) is 4.79 Å². The van der Waals surface area contributed by atoms with Gasteiger partial charge < -0.3 is 19.5 Å². The molecule has 0 bridgehead atoms. The van der Waals surface area contributed by atoms with Crippen molar-refractivity contribution < 1.29 is 19.0 Å². The van der Waals surface area contributed by atoms with Crippen LogP contribution < -0.4 is 19.5 Å². The van der Waals surface area contributed by atoms with Crippen molar-refractivity contribution in [2.24, 2.45) is 0 Å². The van der Waals surface area contributed by atoms with Crippen molar-refractivity contribution in [2.45, 2.75) is 6.92 Å². The van der Waals surface area contributed by atoms with E-state index in [4.69, 9.17) is 19.5 Å². The first-order chi connectivity index (χ1) is 13.1. The minimum Gasteiger partial charge on any atom is -0.493 e. The number of carbonyl (C=O) groups excluding carboxylic acids is 1. The normalized spacial score (nSPS) is 10.3. The van der Waals surface area contributed by atoms with Crippen molar-refractivity contribution >= 4 is 12.0 Å². The third-order valence-corrected chi connectivity index (χ3v) is 3.60. The molecule has 0 saturated carbocycles. The Morgan fingerprint density at radius 1 is 1.15 bits per heavy atom. The lowest BCUT2D eigenvalue weighted by Crippen LogP contribution is -2.26.